The second-order valence-electron chi connectivity index (χ2n) is 7.68. The molecule has 5 rings (SSSR count). The molecular weight excluding hydrogens is 372 g/mol. The van der Waals surface area contributed by atoms with Crippen molar-refractivity contribution < 1.29 is 0 Å². The number of aryl methyl sites for hydroxylation is 2. The highest BCUT2D eigenvalue weighted by atomic mass is 15.1. The summed E-state index contributed by atoms with van der Waals surface area (Å²) in [5, 5.41) is 9.16. The minimum Gasteiger partial charge on any atom is -0.361 e. The number of nitrogens with zero attached hydrogens (tertiary/aromatic N) is 2. The molecule has 3 heterocycles. The smallest absolute Gasteiger partial charge is 0.224 e. The van der Waals surface area contributed by atoms with Gasteiger partial charge in [0.05, 0.1) is 0 Å². The Morgan fingerprint density at radius 3 is 2.83 bits per heavy atom. The van der Waals surface area contributed by atoms with Gasteiger partial charge >= 0.3 is 0 Å². The van der Waals surface area contributed by atoms with Gasteiger partial charge in [0.25, 0.3) is 0 Å². The van der Waals surface area contributed by atoms with Gasteiger partial charge in [0.1, 0.15) is 5.82 Å². The molecule has 0 aliphatic rings. The normalized spacial score (nSPS) is 11.3. The Bertz CT molecular complexity index is 1330. The SMILES string of the molecule is Cc1ccc2c(CCNc3nccc(Nc4ccc5[nH]c(C)cc5c4)n3)c[nH]c2c1. The fourth-order valence-electron chi connectivity index (χ4n) is 3.83. The molecule has 0 atom stereocenters. The molecule has 0 amide bonds. The highest BCUT2D eigenvalue weighted by molar-refractivity contribution is 5.85. The first-order valence-corrected chi connectivity index (χ1v) is 10.1. The highest BCUT2D eigenvalue weighted by Gasteiger charge is 2.05. The fraction of sp³-hybridized carbons (Fsp3) is 0.167. The molecule has 0 saturated carbocycles. The molecule has 0 radical (unpaired) electrons. The number of anilines is 3. The van der Waals surface area contributed by atoms with Crippen molar-refractivity contribution >= 4 is 39.3 Å². The van der Waals surface area contributed by atoms with E-state index < -0.39 is 0 Å². The fourth-order valence-corrected chi connectivity index (χ4v) is 3.83. The molecule has 0 saturated heterocycles. The van der Waals surface area contributed by atoms with Crippen LogP contribution in [0.15, 0.2) is 60.9 Å². The van der Waals surface area contributed by atoms with Crippen molar-refractivity contribution in [1.82, 2.24) is 19.9 Å². The van der Waals surface area contributed by atoms with Crippen molar-refractivity contribution in [2.24, 2.45) is 0 Å². The number of nitrogens with one attached hydrogen (secondary N) is 4. The lowest BCUT2D eigenvalue weighted by molar-refractivity contribution is 0.991. The van der Waals surface area contributed by atoms with E-state index in [-0.39, 0.29) is 0 Å². The first-order chi connectivity index (χ1) is 14.6. The maximum Gasteiger partial charge on any atom is 0.224 e. The Hall–Kier alpha value is -3.80. The van der Waals surface area contributed by atoms with Gasteiger partial charge in [0.2, 0.25) is 5.95 Å². The molecule has 4 N–H and O–H groups in total. The van der Waals surface area contributed by atoms with Crippen molar-refractivity contribution in [3.63, 3.8) is 0 Å². The summed E-state index contributed by atoms with van der Waals surface area (Å²) in [7, 11) is 0. The summed E-state index contributed by atoms with van der Waals surface area (Å²) in [5.74, 6) is 1.39. The molecule has 150 valence electrons. The lowest BCUT2D eigenvalue weighted by atomic mass is 10.1. The first kappa shape index (κ1) is 18.2. The van der Waals surface area contributed by atoms with Crippen LogP contribution in [-0.4, -0.2) is 26.5 Å². The molecule has 6 nitrogen and oxygen atoms in total. The summed E-state index contributed by atoms with van der Waals surface area (Å²) in [6.07, 6.45) is 4.75. The van der Waals surface area contributed by atoms with E-state index in [2.05, 4.69) is 87.0 Å². The van der Waals surface area contributed by atoms with Gasteiger partial charge in [-0.05, 0) is 67.8 Å². The minimum atomic E-state index is 0.620. The number of H-pyrrole nitrogens is 2. The Morgan fingerprint density at radius 2 is 1.90 bits per heavy atom. The van der Waals surface area contributed by atoms with Crippen molar-refractivity contribution in [2.75, 3.05) is 17.2 Å². The third-order valence-electron chi connectivity index (χ3n) is 5.28. The lowest BCUT2D eigenvalue weighted by Crippen LogP contribution is -2.08. The minimum absolute atomic E-state index is 0.620. The van der Waals surface area contributed by atoms with Crippen LogP contribution in [0.5, 0.6) is 0 Å². The molecule has 2 aromatic carbocycles. The van der Waals surface area contributed by atoms with Gasteiger partial charge in [-0.3, -0.25) is 0 Å². The van der Waals surface area contributed by atoms with E-state index in [1.54, 1.807) is 6.20 Å². The quantitative estimate of drug-likeness (QED) is 0.307. The van der Waals surface area contributed by atoms with E-state index in [4.69, 9.17) is 0 Å². The molecule has 30 heavy (non-hydrogen) atoms. The zero-order valence-corrected chi connectivity index (χ0v) is 17.1. The molecule has 0 unspecified atom stereocenters. The van der Waals surface area contributed by atoms with Crippen LogP contribution in [0.2, 0.25) is 0 Å². The van der Waals surface area contributed by atoms with Gasteiger partial charge in [-0.1, -0.05) is 12.1 Å². The van der Waals surface area contributed by atoms with Crippen molar-refractivity contribution in [1.29, 1.82) is 0 Å². The Kier molecular flexibility index (Phi) is 4.59. The van der Waals surface area contributed by atoms with Gasteiger partial charge in [-0.15, -0.1) is 0 Å². The standard InChI is InChI=1S/C24H24N6/c1-15-3-5-20-17(14-27-22(20)11-15)7-9-25-24-26-10-8-23(30-24)29-19-4-6-21-18(13-19)12-16(2)28-21/h3-6,8,10-14,27-28H,7,9H2,1-2H3,(H2,25,26,29,30). The topological polar surface area (TPSA) is 81.4 Å². The van der Waals surface area contributed by atoms with E-state index in [9.17, 15) is 0 Å². The number of fused-ring (bicyclic) bond motifs is 2. The van der Waals surface area contributed by atoms with Crippen molar-refractivity contribution in [3.8, 4) is 0 Å². The number of aromatic amines is 2. The van der Waals surface area contributed by atoms with E-state index >= 15 is 0 Å². The summed E-state index contributed by atoms with van der Waals surface area (Å²) < 4.78 is 0. The zero-order valence-electron chi connectivity index (χ0n) is 17.1. The largest absolute Gasteiger partial charge is 0.361 e. The number of benzene rings is 2. The summed E-state index contributed by atoms with van der Waals surface area (Å²) in [4.78, 5) is 15.6. The predicted octanol–water partition coefficient (Wildman–Crippen LogP) is 5.45. The summed E-state index contributed by atoms with van der Waals surface area (Å²) in [6.45, 7) is 4.93. The monoisotopic (exact) mass is 396 g/mol. The van der Waals surface area contributed by atoms with E-state index in [0.717, 1.165) is 35.7 Å². The Morgan fingerprint density at radius 1 is 0.967 bits per heavy atom. The number of hydrogen-bond acceptors (Lipinski definition) is 4. The van der Waals surface area contributed by atoms with Crippen LogP contribution in [0, 0.1) is 13.8 Å². The maximum absolute atomic E-state index is 4.60. The van der Waals surface area contributed by atoms with Crippen LogP contribution in [0.3, 0.4) is 0 Å². The average Bonchev–Trinajstić information content (AvgIpc) is 3.30. The second-order valence-corrected chi connectivity index (χ2v) is 7.68. The van der Waals surface area contributed by atoms with Gasteiger partial charge in [0, 0.05) is 52.1 Å². The molecule has 0 bridgehead atoms. The van der Waals surface area contributed by atoms with Crippen molar-refractivity contribution in [3.05, 3.63) is 77.7 Å². The van der Waals surface area contributed by atoms with E-state index in [0.29, 0.717) is 5.95 Å². The average molecular weight is 396 g/mol. The van der Waals surface area contributed by atoms with Crippen molar-refractivity contribution in [2.45, 2.75) is 20.3 Å². The van der Waals surface area contributed by atoms with Crippen LogP contribution in [0.25, 0.3) is 21.8 Å². The van der Waals surface area contributed by atoms with Crippen LogP contribution in [0.4, 0.5) is 17.5 Å². The summed E-state index contributed by atoms with van der Waals surface area (Å²) >= 11 is 0. The molecular formula is C24H24N6. The third-order valence-corrected chi connectivity index (χ3v) is 5.28. The van der Waals surface area contributed by atoms with Crippen LogP contribution in [-0.2, 0) is 6.42 Å². The Labute approximate surface area is 174 Å². The lowest BCUT2D eigenvalue weighted by Gasteiger charge is -2.08. The second kappa shape index (κ2) is 7.55. The number of hydrogen-bond donors (Lipinski definition) is 4. The third kappa shape index (κ3) is 3.72. The molecule has 3 aromatic heterocycles. The van der Waals surface area contributed by atoms with E-state index in [1.807, 2.05) is 12.1 Å². The molecule has 0 spiro atoms. The van der Waals surface area contributed by atoms with Gasteiger partial charge in [0.15, 0.2) is 0 Å². The van der Waals surface area contributed by atoms with Crippen LogP contribution < -0.4 is 10.6 Å². The molecule has 6 heteroatoms. The molecule has 0 aliphatic heterocycles. The van der Waals surface area contributed by atoms with Gasteiger partial charge in [-0.2, -0.15) is 4.98 Å². The molecule has 0 fully saturated rings. The maximum atomic E-state index is 4.60. The summed E-state index contributed by atoms with van der Waals surface area (Å²) in [6, 6.07) is 16.8. The van der Waals surface area contributed by atoms with E-state index in [1.165, 1.54) is 27.4 Å². The van der Waals surface area contributed by atoms with Crippen LogP contribution in [0.1, 0.15) is 16.8 Å². The molecule has 0 aliphatic carbocycles. The number of rotatable bonds is 6. The number of aromatic nitrogens is 4. The van der Waals surface area contributed by atoms with Gasteiger partial charge < -0.3 is 20.6 Å². The highest BCUT2D eigenvalue weighted by Crippen LogP contribution is 2.23. The van der Waals surface area contributed by atoms with Gasteiger partial charge in [-0.25, -0.2) is 4.98 Å². The predicted molar refractivity (Wildman–Crippen MR) is 124 cm³/mol. The van der Waals surface area contributed by atoms with Crippen LogP contribution >= 0.6 is 0 Å². The first-order valence-electron chi connectivity index (χ1n) is 10.1. The Balaban J connectivity index is 1.25. The molecule has 5 aromatic rings. The summed E-state index contributed by atoms with van der Waals surface area (Å²) in [5.41, 5.74) is 7.03. The zero-order chi connectivity index (χ0) is 20.5.